The van der Waals surface area contributed by atoms with Crippen molar-refractivity contribution in [1.82, 2.24) is 15.0 Å². The van der Waals surface area contributed by atoms with Gasteiger partial charge in [-0.1, -0.05) is 30.3 Å². The summed E-state index contributed by atoms with van der Waals surface area (Å²) in [6.45, 7) is 2.84. The van der Waals surface area contributed by atoms with Gasteiger partial charge < -0.3 is 15.4 Å². The van der Waals surface area contributed by atoms with E-state index >= 15 is 0 Å². The molecule has 0 amide bonds. The quantitative estimate of drug-likeness (QED) is 0.408. The molecular weight excluding hydrogens is 386 g/mol. The number of nitrogens with zero attached hydrogens (tertiary/aromatic N) is 3. The van der Waals surface area contributed by atoms with Crippen molar-refractivity contribution >= 4 is 11.5 Å². The highest BCUT2D eigenvalue weighted by atomic mass is 16.5. The van der Waals surface area contributed by atoms with Gasteiger partial charge >= 0.3 is 0 Å². The fourth-order valence-electron chi connectivity index (χ4n) is 3.29. The maximum Gasteiger partial charge on any atom is 0.145 e. The molecule has 0 radical (unpaired) electrons. The van der Waals surface area contributed by atoms with Gasteiger partial charge in [-0.3, -0.25) is 9.97 Å². The Bertz CT molecular complexity index is 1130. The van der Waals surface area contributed by atoms with E-state index in [-0.39, 0.29) is 6.04 Å². The first-order valence-corrected chi connectivity index (χ1v) is 10.2. The van der Waals surface area contributed by atoms with Crippen LogP contribution in [-0.2, 0) is 6.54 Å². The molecule has 0 bridgehead atoms. The molecule has 31 heavy (non-hydrogen) atoms. The maximum atomic E-state index is 5.32. The van der Waals surface area contributed by atoms with Crippen LogP contribution in [0.2, 0.25) is 0 Å². The van der Waals surface area contributed by atoms with E-state index in [0.717, 1.165) is 46.2 Å². The van der Waals surface area contributed by atoms with Gasteiger partial charge in [-0.05, 0) is 48.4 Å². The van der Waals surface area contributed by atoms with E-state index < -0.39 is 0 Å². The molecule has 2 N–H and O–H groups in total. The zero-order chi connectivity index (χ0) is 21.5. The Kier molecular flexibility index (Phi) is 6.38. The standard InChI is InChI=1S/C25H25N5O/c1-18(20-7-3-9-22(12-20)28-15-19-6-5-11-26-14-19)29-25-17-27-16-24(30-25)21-8-4-10-23(13-21)31-2/h3-14,16-18,28H,15H2,1-2H3,(H,29,30)/t18-/m0/s1. The lowest BCUT2D eigenvalue weighted by Crippen LogP contribution is -2.09. The molecule has 0 saturated carbocycles. The molecule has 0 aliphatic carbocycles. The van der Waals surface area contributed by atoms with E-state index in [0.29, 0.717) is 0 Å². The number of hydrogen-bond acceptors (Lipinski definition) is 6. The topological polar surface area (TPSA) is 72.0 Å². The predicted octanol–water partition coefficient (Wildman–Crippen LogP) is 5.33. The largest absolute Gasteiger partial charge is 0.497 e. The second kappa shape index (κ2) is 9.71. The summed E-state index contributed by atoms with van der Waals surface area (Å²) < 4.78 is 5.32. The molecule has 0 aliphatic rings. The van der Waals surface area contributed by atoms with Gasteiger partial charge in [0, 0.05) is 30.2 Å². The normalized spacial score (nSPS) is 11.5. The van der Waals surface area contributed by atoms with Crippen molar-refractivity contribution < 1.29 is 4.74 Å². The van der Waals surface area contributed by atoms with Crippen molar-refractivity contribution in [3.05, 3.63) is 96.6 Å². The lowest BCUT2D eigenvalue weighted by atomic mass is 10.1. The van der Waals surface area contributed by atoms with Crippen molar-refractivity contribution in [3.63, 3.8) is 0 Å². The van der Waals surface area contributed by atoms with Gasteiger partial charge in [0.05, 0.1) is 31.2 Å². The highest BCUT2D eigenvalue weighted by molar-refractivity contribution is 5.62. The molecule has 156 valence electrons. The Morgan fingerprint density at radius 1 is 0.935 bits per heavy atom. The van der Waals surface area contributed by atoms with E-state index in [1.54, 1.807) is 25.7 Å². The molecule has 0 spiro atoms. The first-order chi connectivity index (χ1) is 15.2. The molecular formula is C25H25N5O. The van der Waals surface area contributed by atoms with E-state index in [2.05, 4.69) is 57.9 Å². The van der Waals surface area contributed by atoms with Crippen molar-refractivity contribution in [2.24, 2.45) is 0 Å². The summed E-state index contributed by atoms with van der Waals surface area (Å²) in [7, 11) is 1.66. The molecule has 6 heteroatoms. The van der Waals surface area contributed by atoms with E-state index in [1.807, 2.05) is 36.5 Å². The van der Waals surface area contributed by atoms with Crippen LogP contribution in [-0.4, -0.2) is 22.1 Å². The third kappa shape index (κ3) is 5.36. The second-order valence-corrected chi connectivity index (χ2v) is 7.23. The van der Waals surface area contributed by atoms with E-state index in [4.69, 9.17) is 9.72 Å². The SMILES string of the molecule is COc1cccc(-c2cncc(N[C@@H](C)c3cccc(NCc4cccnc4)c3)n2)c1. The molecule has 0 fully saturated rings. The highest BCUT2D eigenvalue weighted by Gasteiger charge is 2.09. The number of nitrogens with one attached hydrogen (secondary N) is 2. The van der Waals surface area contributed by atoms with Gasteiger partial charge in [0.2, 0.25) is 0 Å². The molecule has 0 aliphatic heterocycles. The summed E-state index contributed by atoms with van der Waals surface area (Å²) in [6, 6.07) is 20.2. The zero-order valence-electron chi connectivity index (χ0n) is 17.6. The Labute approximate surface area is 182 Å². The van der Waals surface area contributed by atoms with Crippen molar-refractivity contribution in [1.29, 1.82) is 0 Å². The maximum absolute atomic E-state index is 5.32. The number of hydrogen-bond donors (Lipinski definition) is 2. The number of benzene rings is 2. The van der Waals surface area contributed by atoms with Gasteiger partial charge in [0.15, 0.2) is 0 Å². The minimum atomic E-state index is 0.0648. The minimum absolute atomic E-state index is 0.0648. The summed E-state index contributed by atoms with van der Waals surface area (Å²) >= 11 is 0. The zero-order valence-corrected chi connectivity index (χ0v) is 17.6. The van der Waals surface area contributed by atoms with Crippen LogP contribution in [0, 0.1) is 0 Å². The van der Waals surface area contributed by atoms with Crippen molar-refractivity contribution in [2.75, 3.05) is 17.7 Å². The highest BCUT2D eigenvalue weighted by Crippen LogP contribution is 2.25. The van der Waals surface area contributed by atoms with Crippen LogP contribution < -0.4 is 15.4 Å². The molecule has 4 aromatic rings. The van der Waals surface area contributed by atoms with Crippen LogP contribution in [0.3, 0.4) is 0 Å². The van der Waals surface area contributed by atoms with E-state index in [9.17, 15) is 0 Å². The summed E-state index contributed by atoms with van der Waals surface area (Å²) in [5.41, 5.74) is 5.12. The van der Waals surface area contributed by atoms with Crippen LogP contribution in [0.5, 0.6) is 5.75 Å². The van der Waals surface area contributed by atoms with Crippen molar-refractivity contribution in [2.45, 2.75) is 19.5 Å². The number of aromatic nitrogens is 3. The van der Waals surface area contributed by atoms with E-state index in [1.165, 1.54) is 0 Å². The van der Waals surface area contributed by atoms with Gasteiger partial charge in [0.1, 0.15) is 11.6 Å². The molecule has 0 unspecified atom stereocenters. The summed E-state index contributed by atoms with van der Waals surface area (Å²) in [5.74, 6) is 1.52. The number of methoxy groups -OCH3 is 1. The van der Waals surface area contributed by atoms with Crippen LogP contribution in [0.25, 0.3) is 11.3 Å². The predicted molar refractivity (Wildman–Crippen MR) is 124 cm³/mol. The molecule has 1 atom stereocenters. The first-order valence-electron chi connectivity index (χ1n) is 10.2. The fraction of sp³-hybridized carbons (Fsp3) is 0.160. The van der Waals surface area contributed by atoms with Crippen molar-refractivity contribution in [3.8, 4) is 17.0 Å². The Balaban J connectivity index is 1.45. The number of ether oxygens (including phenoxy) is 1. The molecule has 2 heterocycles. The molecule has 0 saturated heterocycles. The monoisotopic (exact) mass is 411 g/mol. The second-order valence-electron chi connectivity index (χ2n) is 7.23. The van der Waals surface area contributed by atoms with Crippen LogP contribution in [0.1, 0.15) is 24.1 Å². The number of pyridine rings is 1. The number of anilines is 2. The lowest BCUT2D eigenvalue weighted by molar-refractivity contribution is 0.415. The van der Waals surface area contributed by atoms with Gasteiger partial charge in [-0.25, -0.2) is 4.98 Å². The number of rotatable bonds is 8. The average Bonchev–Trinajstić information content (AvgIpc) is 2.84. The Hall–Kier alpha value is -3.93. The van der Waals surface area contributed by atoms with Gasteiger partial charge in [0.25, 0.3) is 0 Å². The van der Waals surface area contributed by atoms with Gasteiger partial charge in [-0.2, -0.15) is 0 Å². The van der Waals surface area contributed by atoms with Crippen LogP contribution >= 0.6 is 0 Å². The lowest BCUT2D eigenvalue weighted by Gasteiger charge is -2.17. The summed E-state index contributed by atoms with van der Waals surface area (Å²) in [4.78, 5) is 13.2. The Morgan fingerprint density at radius 3 is 2.68 bits per heavy atom. The van der Waals surface area contributed by atoms with Gasteiger partial charge in [-0.15, -0.1) is 0 Å². The molecule has 4 rings (SSSR count). The smallest absolute Gasteiger partial charge is 0.145 e. The fourth-order valence-corrected chi connectivity index (χ4v) is 3.29. The minimum Gasteiger partial charge on any atom is -0.497 e. The van der Waals surface area contributed by atoms with Crippen LogP contribution in [0.4, 0.5) is 11.5 Å². The Morgan fingerprint density at radius 2 is 1.84 bits per heavy atom. The molecule has 6 nitrogen and oxygen atoms in total. The summed E-state index contributed by atoms with van der Waals surface area (Å²) in [6.07, 6.45) is 7.15. The third-order valence-corrected chi connectivity index (χ3v) is 4.97. The molecule has 2 aromatic heterocycles. The van der Waals surface area contributed by atoms with Crippen LogP contribution in [0.15, 0.2) is 85.5 Å². The third-order valence-electron chi connectivity index (χ3n) is 4.97. The average molecular weight is 412 g/mol. The first kappa shape index (κ1) is 20.3. The summed E-state index contributed by atoms with van der Waals surface area (Å²) in [5, 5.41) is 6.91. The molecule has 2 aromatic carbocycles.